The topological polar surface area (TPSA) is 68.4 Å². The zero-order valence-electron chi connectivity index (χ0n) is 16.0. The first-order valence-corrected chi connectivity index (χ1v) is 9.25. The normalized spacial score (nSPS) is 29.1. The quantitative estimate of drug-likeness (QED) is 0.650. The van der Waals surface area contributed by atoms with Gasteiger partial charge in [-0.15, -0.1) is 0 Å². The average molecular weight is 363 g/mol. The lowest BCUT2D eigenvalue weighted by atomic mass is 9.84. The molecule has 0 aliphatic carbocycles. The molecule has 1 aromatic carbocycles. The third kappa shape index (κ3) is 4.23. The first kappa shape index (κ1) is 19.2. The summed E-state index contributed by atoms with van der Waals surface area (Å²) < 4.78 is 13.6. The zero-order valence-corrected chi connectivity index (χ0v) is 16.0. The number of carbonyl (C=O) groups is 1. The smallest absolute Gasteiger partial charge is 0.228 e. The lowest BCUT2D eigenvalue weighted by Crippen LogP contribution is -2.45. The Bertz CT molecular complexity index is 647. The van der Waals surface area contributed by atoms with Crippen molar-refractivity contribution in [3.8, 4) is 0 Å². The summed E-state index contributed by atoms with van der Waals surface area (Å²) in [5.74, 6) is -0.474. The van der Waals surface area contributed by atoms with Gasteiger partial charge in [0.1, 0.15) is 5.82 Å². The molecule has 1 amide bonds. The molecule has 0 aromatic heterocycles. The number of hydrazine groups is 2. The maximum Gasteiger partial charge on any atom is 0.228 e. The molecule has 0 saturated carbocycles. The molecule has 144 valence electrons. The number of nitrogens with zero attached hydrogens (tertiary/aromatic N) is 1. The Morgan fingerprint density at radius 2 is 2.04 bits per heavy atom. The monoisotopic (exact) mass is 363 g/mol. The minimum Gasteiger partial charge on any atom is -0.344 e. The highest BCUT2D eigenvalue weighted by molar-refractivity contribution is 5.80. The number of rotatable bonds is 4. The lowest BCUT2D eigenvalue weighted by Gasteiger charge is -2.27. The van der Waals surface area contributed by atoms with Gasteiger partial charge < -0.3 is 4.90 Å². The molecule has 2 fully saturated rings. The summed E-state index contributed by atoms with van der Waals surface area (Å²) in [7, 11) is 1.84. The maximum absolute atomic E-state index is 13.6. The Morgan fingerprint density at radius 3 is 2.69 bits per heavy atom. The van der Waals surface area contributed by atoms with Crippen molar-refractivity contribution in [3.05, 3.63) is 35.6 Å². The minimum atomic E-state index is -0.287. The van der Waals surface area contributed by atoms with E-state index in [0.717, 1.165) is 12.0 Å². The van der Waals surface area contributed by atoms with E-state index in [9.17, 15) is 9.18 Å². The van der Waals surface area contributed by atoms with Crippen LogP contribution in [0.3, 0.4) is 0 Å². The highest BCUT2D eigenvalue weighted by atomic mass is 19.1. The van der Waals surface area contributed by atoms with Crippen LogP contribution in [0.5, 0.6) is 0 Å². The molecule has 0 bridgehead atoms. The van der Waals surface area contributed by atoms with E-state index >= 15 is 0 Å². The van der Waals surface area contributed by atoms with Crippen LogP contribution in [0.25, 0.3) is 0 Å². The molecule has 2 aliphatic rings. The number of hydrogen-bond donors (Lipinski definition) is 4. The second-order valence-electron chi connectivity index (χ2n) is 8.52. The fraction of sp³-hybridized carbons (Fsp3) is 0.632. The number of nitrogens with one attached hydrogen (secondary N) is 4. The van der Waals surface area contributed by atoms with Gasteiger partial charge in [0.2, 0.25) is 5.91 Å². The van der Waals surface area contributed by atoms with Crippen LogP contribution in [0.2, 0.25) is 0 Å². The number of carbonyl (C=O) groups excluding carboxylic acids is 1. The molecular formula is C19H30FN5O. The molecule has 0 radical (unpaired) electrons. The molecule has 0 spiro atoms. The molecule has 6 nitrogen and oxygen atoms in total. The summed E-state index contributed by atoms with van der Waals surface area (Å²) in [6.07, 6.45) is 0.982. The molecule has 1 aromatic rings. The van der Waals surface area contributed by atoms with Gasteiger partial charge in [0.25, 0.3) is 0 Å². The maximum atomic E-state index is 13.6. The molecule has 4 N–H and O–H groups in total. The number of amides is 1. The SMILES string of the molecule is CN(CC1CC(C(C)(C)C)NN1)C(=O)C1CNNC1c1cccc(F)c1. The van der Waals surface area contributed by atoms with E-state index in [0.29, 0.717) is 19.1 Å². The summed E-state index contributed by atoms with van der Waals surface area (Å²) >= 11 is 0. The van der Waals surface area contributed by atoms with Crippen LogP contribution in [0.15, 0.2) is 24.3 Å². The van der Waals surface area contributed by atoms with Crippen LogP contribution in [0, 0.1) is 17.2 Å². The summed E-state index contributed by atoms with van der Waals surface area (Å²) in [5.41, 5.74) is 13.8. The van der Waals surface area contributed by atoms with Crippen molar-refractivity contribution in [3.63, 3.8) is 0 Å². The van der Waals surface area contributed by atoms with Crippen molar-refractivity contribution < 1.29 is 9.18 Å². The van der Waals surface area contributed by atoms with Crippen LogP contribution < -0.4 is 21.7 Å². The van der Waals surface area contributed by atoms with Gasteiger partial charge in [-0.2, -0.15) is 0 Å². The van der Waals surface area contributed by atoms with Crippen molar-refractivity contribution in [1.29, 1.82) is 0 Å². The van der Waals surface area contributed by atoms with Crippen molar-refractivity contribution in [1.82, 2.24) is 26.6 Å². The lowest BCUT2D eigenvalue weighted by molar-refractivity contribution is -0.134. The molecule has 2 aliphatic heterocycles. The first-order valence-electron chi connectivity index (χ1n) is 9.25. The van der Waals surface area contributed by atoms with E-state index in [1.54, 1.807) is 11.0 Å². The fourth-order valence-corrected chi connectivity index (χ4v) is 3.76. The highest BCUT2D eigenvalue weighted by Gasteiger charge is 2.38. The number of hydrogen-bond acceptors (Lipinski definition) is 5. The standard InChI is InChI=1S/C19H30FN5O/c1-19(2,3)16-9-14(22-23-16)11-25(4)18(26)15-10-21-24-17(15)12-6-5-7-13(20)8-12/h5-8,14-17,21-24H,9-11H2,1-4H3. The van der Waals surface area contributed by atoms with Gasteiger partial charge in [-0.05, 0) is 29.5 Å². The molecule has 2 saturated heterocycles. The van der Waals surface area contributed by atoms with Crippen molar-refractivity contribution in [2.75, 3.05) is 20.1 Å². The molecule has 7 heteroatoms. The van der Waals surface area contributed by atoms with Crippen LogP contribution in [-0.4, -0.2) is 43.0 Å². The Labute approximate surface area is 154 Å². The Hall–Kier alpha value is -1.54. The first-order chi connectivity index (χ1) is 12.3. The fourth-order valence-electron chi connectivity index (χ4n) is 3.76. The van der Waals surface area contributed by atoms with E-state index < -0.39 is 0 Å². The predicted octanol–water partition coefficient (Wildman–Crippen LogP) is 1.33. The second-order valence-corrected chi connectivity index (χ2v) is 8.52. The van der Waals surface area contributed by atoms with Gasteiger partial charge in [-0.25, -0.2) is 9.82 Å². The van der Waals surface area contributed by atoms with Crippen molar-refractivity contribution >= 4 is 5.91 Å². The largest absolute Gasteiger partial charge is 0.344 e. The molecule has 3 rings (SSSR count). The zero-order chi connectivity index (χ0) is 18.9. The molecule has 26 heavy (non-hydrogen) atoms. The van der Waals surface area contributed by atoms with Gasteiger partial charge in [-0.3, -0.25) is 21.1 Å². The van der Waals surface area contributed by atoms with Crippen molar-refractivity contribution in [2.24, 2.45) is 11.3 Å². The van der Waals surface area contributed by atoms with Gasteiger partial charge in [0.15, 0.2) is 0 Å². The van der Waals surface area contributed by atoms with Gasteiger partial charge >= 0.3 is 0 Å². The highest BCUT2D eigenvalue weighted by Crippen LogP contribution is 2.28. The molecule has 4 atom stereocenters. The Morgan fingerprint density at radius 1 is 1.27 bits per heavy atom. The van der Waals surface area contributed by atoms with E-state index in [1.807, 2.05) is 13.1 Å². The van der Waals surface area contributed by atoms with E-state index in [2.05, 4.69) is 42.5 Å². The van der Waals surface area contributed by atoms with Crippen LogP contribution in [0.4, 0.5) is 4.39 Å². The van der Waals surface area contributed by atoms with Gasteiger partial charge in [-0.1, -0.05) is 32.9 Å². The number of likely N-dealkylation sites (N-methyl/N-ethyl adjacent to an activating group) is 1. The third-order valence-electron chi connectivity index (χ3n) is 5.40. The van der Waals surface area contributed by atoms with Crippen LogP contribution in [-0.2, 0) is 4.79 Å². The van der Waals surface area contributed by atoms with Crippen LogP contribution in [0.1, 0.15) is 38.8 Å². The molecule has 2 heterocycles. The summed E-state index contributed by atoms with van der Waals surface area (Å²) in [5, 5.41) is 0. The number of benzene rings is 1. The average Bonchev–Trinajstić information content (AvgIpc) is 3.22. The molecule has 4 unspecified atom stereocenters. The van der Waals surface area contributed by atoms with E-state index in [4.69, 9.17) is 0 Å². The summed E-state index contributed by atoms with van der Waals surface area (Å²) in [4.78, 5) is 14.8. The number of halogens is 1. The Balaban J connectivity index is 1.61. The summed E-state index contributed by atoms with van der Waals surface area (Å²) in [6, 6.07) is 6.81. The third-order valence-corrected chi connectivity index (χ3v) is 5.40. The van der Waals surface area contributed by atoms with Crippen molar-refractivity contribution in [2.45, 2.75) is 45.3 Å². The second kappa shape index (κ2) is 7.60. The van der Waals surface area contributed by atoms with Gasteiger partial charge in [0, 0.05) is 32.2 Å². The van der Waals surface area contributed by atoms with Gasteiger partial charge in [0.05, 0.1) is 12.0 Å². The van der Waals surface area contributed by atoms with E-state index in [-0.39, 0.29) is 35.1 Å². The predicted molar refractivity (Wildman–Crippen MR) is 99.3 cm³/mol. The van der Waals surface area contributed by atoms with E-state index in [1.165, 1.54) is 12.1 Å². The minimum absolute atomic E-state index is 0.0674. The summed E-state index contributed by atoms with van der Waals surface area (Å²) in [6.45, 7) is 7.81. The molecular weight excluding hydrogens is 333 g/mol. The van der Waals surface area contributed by atoms with Crippen LogP contribution >= 0.6 is 0 Å². The Kier molecular flexibility index (Phi) is 5.62.